The Bertz CT molecular complexity index is 496. The second-order valence-electron chi connectivity index (χ2n) is 7.11. The molecular formula is C16H21NO3. The number of aliphatic hydroxyl groups is 1. The van der Waals surface area contributed by atoms with Crippen LogP contribution >= 0.6 is 0 Å². The van der Waals surface area contributed by atoms with Crippen LogP contribution in [0.2, 0.25) is 0 Å². The van der Waals surface area contributed by atoms with E-state index in [1.54, 1.807) is 18.3 Å². The molecule has 0 radical (unpaired) electrons. The maximum Gasteiger partial charge on any atom is 0.342 e. The van der Waals surface area contributed by atoms with Crippen LogP contribution in [0, 0.1) is 29.6 Å². The summed E-state index contributed by atoms with van der Waals surface area (Å²) in [5.74, 6) is 1.06. The summed E-state index contributed by atoms with van der Waals surface area (Å²) in [5.41, 5.74) is -1.30. The average molecular weight is 275 g/mol. The lowest BCUT2D eigenvalue weighted by atomic mass is 9.48. The minimum absolute atomic E-state index is 0.133. The molecule has 20 heavy (non-hydrogen) atoms. The lowest BCUT2D eigenvalue weighted by Crippen LogP contribution is -2.56. The maximum absolute atomic E-state index is 11.9. The van der Waals surface area contributed by atoms with E-state index in [-0.39, 0.29) is 5.92 Å². The van der Waals surface area contributed by atoms with Gasteiger partial charge in [-0.3, -0.25) is 0 Å². The van der Waals surface area contributed by atoms with Crippen LogP contribution < -0.4 is 0 Å². The second kappa shape index (κ2) is 4.10. The van der Waals surface area contributed by atoms with Crippen LogP contribution in [0.3, 0.4) is 0 Å². The molecule has 4 saturated carbocycles. The van der Waals surface area contributed by atoms with Crippen LogP contribution in [0.1, 0.15) is 37.8 Å². The van der Waals surface area contributed by atoms with Crippen LogP contribution in [0.25, 0.3) is 0 Å². The predicted octanol–water partition coefficient (Wildman–Crippen LogP) is 2.36. The van der Waals surface area contributed by atoms with E-state index in [2.05, 4.69) is 4.98 Å². The smallest absolute Gasteiger partial charge is 0.342 e. The lowest BCUT2D eigenvalue weighted by molar-refractivity contribution is -0.190. The number of carboxylic acids is 1. The van der Waals surface area contributed by atoms with E-state index in [9.17, 15) is 15.0 Å². The fourth-order valence-corrected chi connectivity index (χ4v) is 5.61. The number of aromatic nitrogens is 1. The first kappa shape index (κ1) is 12.5. The van der Waals surface area contributed by atoms with Gasteiger partial charge in [0.15, 0.2) is 0 Å². The molecule has 0 aliphatic heterocycles. The third-order valence-corrected chi connectivity index (χ3v) is 6.04. The Balaban J connectivity index is 1.76. The highest BCUT2D eigenvalue weighted by Gasteiger charge is 2.59. The minimum Gasteiger partial charge on any atom is -0.479 e. The van der Waals surface area contributed by atoms with Crippen molar-refractivity contribution in [2.75, 3.05) is 0 Å². The first-order valence-corrected chi connectivity index (χ1v) is 7.68. The molecule has 4 fully saturated rings. The Hall–Kier alpha value is -1.29. The Morgan fingerprint density at radius 2 is 1.75 bits per heavy atom. The summed E-state index contributed by atoms with van der Waals surface area (Å²) in [6, 6.07) is 3.47. The van der Waals surface area contributed by atoms with Crippen molar-refractivity contribution in [1.82, 2.24) is 4.98 Å². The van der Waals surface area contributed by atoms with Gasteiger partial charge < -0.3 is 15.2 Å². The molecule has 1 unspecified atom stereocenters. The molecule has 1 atom stereocenters. The number of hydrogen-bond acceptors (Lipinski definition) is 2. The summed E-state index contributed by atoms with van der Waals surface area (Å²) in [5, 5.41) is 20.8. The third-order valence-electron chi connectivity index (χ3n) is 6.04. The normalized spacial score (nSPS) is 41.5. The molecular weight excluding hydrogens is 254 g/mol. The van der Waals surface area contributed by atoms with Gasteiger partial charge >= 0.3 is 5.97 Å². The van der Waals surface area contributed by atoms with Gasteiger partial charge in [0, 0.05) is 12.1 Å². The largest absolute Gasteiger partial charge is 0.479 e. The number of nitrogens with one attached hydrogen (secondary N) is 1. The van der Waals surface area contributed by atoms with E-state index < -0.39 is 11.6 Å². The summed E-state index contributed by atoms with van der Waals surface area (Å²) >= 11 is 0. The Morgan fingerprint density at radius 3 is 2.20 bits per heavy atom. The Kier molecular flexibility index (Phi) is 2.56. The van der Waals surface area contributed by atoms with Gasteiger partial charge in [-0.15, -0.1) is 0 Å². The fraction of sp³-hybridized carbons (Fsp3) is 0.688. The van der Waals surface area contributed by atoms with E-state index in [0.717, 1.165) is 37.5 Å². The molecule has 4 bridgehead atoms. The molecule has 0 aromatic carbocycles. The lowest BCUT2D eigenvalue weighted by Gasteiger charge is -2.57. The van der Waals surface area contributed by atoms with Gasteiger partial charge in [-0.1, -0.05) is 0 Å². The average Bonchev–Trinajstić information content (AvgIpc) is 2.90. The van der Waals surface area contributed by atoms with Crippen LogP contribution in [0.15, 0.2) is 18.3 Å². The van der Waals surface area contributed by atoms with Crippen molar-refractivity contribution in [2.24, 2.45) is 29.6 Å². The van der Waals surface area contributed by atoms with E-state index >= 15 is 0 Å². The van der Waals surface area contributed by atoms with Gasteiger partial charge in [-0.05, 0) is 67.9 Å². The molecule has 1 heterocycles. The first-order valence-electron chi connectivity index (χ1n) is 7.68. The molecule has 4 heteroatoms. The van der Waals surface area contributed by atoms with Crippen LogP contribution in [0.5, 0.6) is 0 Å². The van der Waals surface area contributed by atoms with Gasteiger partial charge in [0.25, 0.3) is 0 Å². The molecule has 108 valence electrons. The summed E-state index contributed by atoms with van der Waals surface area (Å²) in [7, 11) is 0. The molecule has 3 N–H and O–H groups in total. The molecule has 4 aliphatic rings. The van der Waals surface area contributed by atoms with Gasteiger partial charge in [0.05, 0.1) is 5.69 Å². The molecule has 5 rings (SSSR count). The number of aliphatic carboxylic acids is 1. The van der Waals surface area contributed by atoms with Gasteiger partial charge in [0.1, 0.15) is 0 Å². The Morgan fingerprint density at radius 1 is 1.15 bits per heavy atom. The molecule has 0 amide bonds. The molecule has 4 aliphatic carbocycles. The van der Waals surface area contributed by atoms with Crippen molar-refractivity contribution in [1.29, 1.82) is 0 Å². The number of rotatable bonds is 3. The number of aromatic amines is 1. The van der Waals surface area contributed by atoms with Crippen molar-refractivity contribution in [3.63, 3.8) is 0 Å². The van der Waals surface area contributed by atoms with Gasteiger partial charge in [0.2, 0.25) is 5.60 Å². The van der Waals surface area contributed by atoms with Crippen LogP contribution in [-0.4, -0.2) is 21.2 Å². The topological polar surface area (TPSA) is 73.3 Å². The van der Waals surface area contributed by atoms with Crippen molar-refractivity contribution in [3.05, 3.63) is 24.0 Å². The Labute approximate surface area is 118 Å². The zero-order chi connectivity index (χ0) is 13.9. The first-order chi connectivity index (χ1) is 9.59. The number of hydrogen-bond donors (Lipinski definition) is 3. The third kappa shape index (κ3) is 1.54. The molecule has 4 nitrogen and oxygen atoms in total. The molecule has 0 spiro atoms. The number of H-pyrrole nitrogens is 1. The monoisotopic (exact) mass is 275 g/mol. The van der Waals surface area contributed by atoms with E-state index in [0.29, 0.717) is 17.5 Å². The van der Waals surface area contributed by atoms with E-state index in [1.165, 1.54) is 6.42 Å². The summed E-state index contributed by atoms with van der Waals surface area (Å²) < 4.78 is 0. The quantitative estimate of drug-likeness (QED) is 0.793. The van der Waals surface area contributed by atoms with E-state index in [1.807, 2.05) is 0 Å². The fourth-order valence-electron chi connectivity index (χ4n) is 5.61. The second-order valence-corrected chi connectivity index (χ2v) is 7.11. The predicted molar refractivity (Wildman–Crippen MR) is 72.9 cm³/mol. The summed E-state index contributed by atoms with van der Waals surface area (Å²) in [6.45, 7) is 0. The van der Waals surface area contributed by atoms with Gasteiger partial charge in [-0.2, -0.15) is 0 Å². The van der Waals surface area contributed by atoms with Crippen LogP contribution in [0.4, 0.5) is 0 Å². The molecule has 1 aromatic rings. The highest BCUT2D eigenvalue weighted by atomic mass is 16.4. The highest BCUT2D eigenvalue weighted by Crippen LogP contribution is 2.60. The number of carboxylic acid groups (broad SMARTS) is 1. The van der Waals surface area contributed by atoms with Crippen molar-refractivity contribution < 1.29 is 15.0 Å². The van der Waals surface area contributed by atoms with Gasteiger partial charge in [-0.25, -0.2) is 4.79 Å². The van der Waals surface area contributed by atoms with E-state index in [4.69, 9.17) is 0 Å². The van der Waals surface area contributed by atoms with Crippen LogP contribution in [-0.2, 0) is 10.4 Å². The molecule has 1 aromatic heterocycles. The minimum atomic E-state index is -1.74. The SMILES string of the molecule is O=C(O)C(O)(c1ccc[nH]1)C1C2CC3CC(C2)CC1C3. The zero-order valence-corrected chi connectivity index (χ0v) is 11.5. The highest BCUT2D eigenvalue weighted by molar-refractivity contribution is 5.79. The van der Waals surface area contributed by atoms with Crippen molar-refractivity contribution >= 4 is 5.97 Å². The summed E-state index contributed by atoms with van der Waals surface area (Å²) in [4.78, 5) is 14.8. The molecule has 0 saturated heterocycles. The standard InChI is InChI=1S/C16H21NO3/c18-15(19)16(20,13-2-1-3-17-13)14-11-5-9-4-10(7-11)8-12(14)6-9/h1-3,9-12,14,17,20H,4-8H2,(H,18,19). The zero-order valence-electron chi connectivity index (χ0n) is 11.5. The van der Waals surface area contributed by atoms with Crippen molar-refractivity contribution in [3.8, 4) is 0 Å². The van der Waals surface area contributed by atoms with Crippen molar-refractivity contribution in [2.45, 2.75) is 37.7 Å². The number of carbonyl (C=O) groups is 1. The summed E-state index contributed by atoms with van der Waals surface area (Å²) in [6.07, 6.45) is 7.44. The maximum atomic E-state index is 11.9.